The second kappa shape index (κ2) is 7.56. The van der Waals surface area contributed by atoms with Gasteiger partial charge in [-0.2, -0.15) is 0 Å². The number of carbonyl (C=O) groups is 1. The number of aromatic carboxylic acids is 1. The summed E-state index contributed by atoms with van der Waals surface area (Å²) in [5.74, 6) is -0.963. The SMILES string of the molecule is O=C(O)c1ccccc1CCc1cn(S(=O)(=O)c2ccccc2)c2ccccc12. The minimum absolute atomic E-state index is 0.225. The lowest BCUT2D eigenvalue weighted by Gasteiger charge is -2.07. The Hall–Kier alpha value is -3.38. The highest BCUT2D eigenvalue weighted by Crippen LogP contribution is 2.27. The average Bonchev–Trinajstić information content (AvgIpc) is 3.12. The maximum absolute atomic E-state index is 13.2. The van der Waals surface area contributed by atoms with Crippen LogP contribution in [0.1, 0.15) is 21.5 Å². The number of aryl methyl sites for hydroxylation is 2. The molecule has 0 unspecified atom stereocenters. The van der Waals surface area contributed by atoms with Crippen LogP contribution in [-0.4, -0.2) is 23.5 Å². The lowest BCUT2D eigenvalue weighted by molar-refractivity contribution is 0.0695. The molecule has 0 bridgehead atoms. The van der Waals surface area contributed by atoms with E-state index in [4.69, 9.17) is 0 Å². The van der Waals surface area contributed by atoms with Crippen molar-refractivity contribution in [2.24, 2.45) is 0 Å². The summed E-state index contributed by atoms with van der Waals surface area (Å²) in [6, 6.07) is 22.6. The van der Waals surface area contributed by atoms with Gasteiger partial charge in [-0.1, -0.05) is 54.6 Å². The van der Waals surface area contributed by atoms with Crippen LogP contribution < -0.4 is 0 Å². The highest BCUT2D eigenvalue weighted by Gasteiger charge is 2.21. The van der Waals surface area contributed by atoms with E-state index < -0.39 is 16.0 Å². The first-order chi connectivity index (χ1) is 14.0. The van der Waals surface area contributed by atoms with Gasteiger partial charge in [0.15, 0.2) is 0 Å². The van der Waals surface area contributed by atoms with E-state index in [0.29, 0.717) is 18.4 Å². The summed E-state index contributed by atoms with van der Waals surface area (Å²) in [6.07, 6.45) is 2.68. The van der Waals surface area contributed by atoms with E-state index in [9.17, 15) is 18.3 Å². The quantitative estimate of drug-likeness (QED) is 0.517. The molecule has 0 aliphatic rings. The van der Waals surface area contributed by atoms with Crippen molar-refractivity contribution in [1.29, 1.82) is 0 Å². The van der Waals surface area contributed by atoms with E-state index in [1.807, 2.05) is 24.3 Å². The van der Waals surface area contributed by atoms with Crippen LogP contribution in [0.2, 0.25) is 0 Å². The predicted octanol–water partition coefficient (Wildman–Crippen LogP) is 4.36. The molecule has 0 aliphatic heterocycles. The molecule has 0 saturated carbocycles. The van der Waals surface area contributed by atoms with E-state index in [0.717, 1.165) is 16.5 Å². The van der Waals surface area contributed by atoms with Crippen molar-refractivity contribution in [2.75, 3.05) is 0 Å². The molecular weight excluding hydrogens is 386 g/mol. The molecule has 0 radical (unpaired) electrons. The van der Waals surface area contributed by atoms with Gasteiger partial charge >= 0.3 is 5.97 Å². The minimum Gasteiger partial charge on any atom is -0.478 e. The van der Waals surface area contributed by atoms with Crippen LogP contribution in [-0.2, 0) is 22.9 Å². The van der Waals surface area contributed by atoms with E-state index in [1.165, 1.54) is 3.97 Å². The summed E-state index contributed by atoms with van der Waals surface area (Å²) in [6.45, 7) is 0. The molecule has 0 spiro atoms. The molecule has 0 fully saturated rings. The van der Waals surface area contributed by atoms with Crippen molar-refractivity contribution >= 4 is 26.9 Å². The Kier molecular flexibility index (Phi) is 4.94. The molecule has 4 aromatic rings. The fourth-order valence-corrected chi connectivity index (χ4v) is 4.95. The van der Waals surface area contributed by atoms with Crippen molar-refractivity contribution in [3.63, 3.8) is 0 Å². The lowest BCUT2D eigenvalue weighted by atomic mass is 9.99. The maximum atomic E-state index is 13.2. The molecule has 1 heterocycles. The third-order valence-corrected chi connectivity index (χ3v) is 6.66. The van der Waals surface area contributed by atoms with Crippen molar-refractivity contribution in [1.82, 2.24) is 3.97 Å². The maximum Gasteiger partial charge on any atom is 0.335 e. The third-order valence-electron chi connectivity index (χ3n) is 4.97. The Labute approximate surface area is 168 Å². The van der Waals surface area contributed by atoms with Gasteiger partial charge in [0.2, 0.25) is 0 Å². The van der Waals surface area contributed by atoms with Crippen LogP contribution in [0, 0.1) is 0 Å². The first-order valence-electron chi connectivity index (χ1n) is 9.19. The summed E-state index contributed by atoms with van der Waals surface area (Å²) in [5, 5.41) is 10.2. The predicted molar refractivity (Wildman–Crippen MR) is 112 cm³/mol. The van der Waals surface area contributed by atoms with Gasteiger partial charge in [0, 0.05) is 11.6 Å². The highest BCUT2D eigenvalue weighted by molar-refractivity contribution is 7.90. The van der Waals surface area contributed by atoms with Gasteiger partial charge in [0.25, 0.3) is 10.0 Å². The number of nitrogens with zero attached hydrogens (tertiary/aromatic N) is 1. The van der Waals surface area contributed by atoms with Crippen LogP contribution in [0.3, 0.4) is 0 Å². The van der Waals surface area contributed by atoms with Crippen molar-refractivity contribution in [3.8, 4) is 0 Å². The molecule has 1 N–H and O–H groups in total. The zero-order valence-electron chi connectivity index (χ0n) is 15.5. The van der Waals surface area contributed by atoms with E-state index >= 15 is 0 Å². The van der Waals surface area contributed by atoms with Crippen LogP contribution in [0.15, 0.2) is 90.0 Å². The standard InChI is InChI=1S/C23H19NO4S/c25-23(26)21-12-5-4-8-17(21)14-15-18-16-24(22-13-7-6-11-20(18)22)29(27,28)19-9-2-1-3-10-19/h1-13,16H,14-15H2,(H,25,26). The molecule has 1 aromatic heterocycles. The number of hydrogen-bond acceptors (Lipinski definition) is 3. The molecule has 29 heavy (non-hydrogen) atoms. The molecular formula is C23H19NO4S. The van der Waals surface area contributed by atoms with Crippen LogP contribution in [0.5, 0.6) is 0 Å². The van der Waals surface area contributed by atoms with Crippen LogP contribution >= 0.6 is 0 Å². The molecule has 6 heteroatoms. The number of aromatic nitrogens is 1. The van der Waals surface area contributed by atoms with Gasteiger partial charge in [-0.3, -0.25) is 0 Å². The van der Waals surface area contributed by atoms with Gasteiger partial charge in [-0.15, -0.1) is 0 Å². The summed E-state index contributed by atoms with van der Waals surface area (Å²) >= 11 is 0. The largest absolute Gasteiger partial charge is 0.478 e. The Bertz CT molecular complexity index is 1290. The fraction of sp³-hybridized carbons (Fsp3) is 0.0870. The van der Waals surface area contributed by atoms with Crippen molar-refractivity contribution in [3.05, 3.63) is 102 Å². The molecule has 4 rings (SSSR count). The fourth-order valence-electron chi connectivity index (χ4n) is 3.54. The second-order valence-corrected chi connectivity index (χ2v) is 8.56. The number of hydrogen-bond donors (Lipinski definition) is 1. The number of rotatable bonds is 6. The Morgan fingerprint density at radius 2 is 1.41 bits per heavy atom. The number of carboxylic acids is 1. The van der Waals surface area contributed by atoms with Crippen molar-refractivity contribution < 1.29 is 18.3 Å². The van der Waals surface area contributed by atoms with Gasteiger partial charge < -0.3 is 5.11 Å². The van der Waals surface area contributed by atoms with Crippen LogP contribution in [0.4, 0.5) is 0 Å². The van der Waals surface area contributed by atoms with Crippen LogP contribution in [0.25, 0.3) is 10.9 Å². The normalized spacial score (nSPS) is 11.6. The summed E-state index contributed by atoms with van der Waals surface area (Å²) in [4.78, 5) is 11.7. The van der Waals surface area contributed by atoms with E-state index in [1.54, 1.807) is 60.8 Å². The Morgan fingerprint density at radius 3 is 2.17 bits per heavy atom. The monoisotopic (exact) mass is 405 g/mol. The first-order valence-corrected chi connectivity index (χ1v) is 10.6. The number of benzene rings is 3. The molecule has 146 valence electrons. The van der Waals surface area contributed by atoms with Gasteiger partial charge in [-0.25, -0.2) is 17.2 Å². The summed E-state index contributed by atoms with van der Waals surface area (Å²) in [7, 11) is -3.73. The highest BCUT2D eigenvalue weighted by atomic mass is 32.2. The van der Waals surface area contributed by atoms with Gasteiger partial charge in [0.1, 0.15) is 0 Å². The molecule has 0 amide bonds. The Balaban J connectivity index is 1.75. The average molecular weight is 405 g/mol. The first kappa shape index (κ1) is 19.0. The molecule has 0 aliphatic carbocycles. The molecule has 0 atom stereocenters. The molecule has 0 saturated heterocycles. The van der Waals surface area contributed by atoms with Gasteiger partial charge in [0.05, 0.1) is 16.0 Å². The Morgan fingerprint density at radius 1 is 0.793 bits per heavy atom. The second-order valence-electron chi connectivity index (χ2n) is 6.75. The number of carboxylic acid groups (broad SMARTS) is 1. The molecule has 3 aromatic carbocycles. The number of fused-ring (bicyclic) bond motifs is 1. The number of para-hydroxylation sites is 1. The summed E-state index contributed by atoms with van der Waals surface area (Å²) < 4.78 is 27.6. The summed E-state index contributed by atoms with van der Waals surface area (Å²) in [5.41, 5.74) is 2.47. The molecule has 5 nitrogen and oxygen atoms in total. The third kappa shape index (κ3) is 3.54. The van der Waals surface area contributed by atoms with E-state index in [-0.39, 0.29) is 10.5 Å². The van der Waals surface area contributed by atoms with E-state index in [2.05, 4.69) is 0 Å². The lowest BCUT2D eigenvalue weighted by Crippen LogP contribution is -2.11. The zero-order valence-corrected chi connectivity index (χ0v) is 16.3. The van der Waals surface area contributed by atoms with Gasteiger partial charge in [-0.05, 0) is 48.2 Å². The smallest absolute Gasteiger partial charge is 0.335 e. The topological polar surface area (TPSA) is 76.4 Å². The minimum atomic E-state index is -3.73. The zero-order chi connectivity index (χ0) is 20.4. The van der Waals surface area contributed by atoms with Crippen molar-refractivity contribution in [2.45, 2.75) is 17.7 Å².